The van der Waals surface area contributed by atoms with E-state index in [2.05, 4.69) is 25.2 Å². The van der Waals surface area contributed by atoms with E-state index in [-0.39, 0.29) is 54.7 Å². The number of hydrogen-bond donors (Lipinski definition) is 1. The first-order chi connectivity index (χ1) is 21.8. The Bertz CT molecular complexity index is 1560. The Labute approximate surface area is 270 Å². The minimum absolute atomic E-state index is 0.0847. The maximum absolute atomic E-state index is 14.4. The molecule has 3 fully saturated rings. The Balaban J connectivity index is 1.43. The summed E-state index contributed by atoms with van der Waals surface area (Å²) < 4.78 is 17.8. The van der Waals surface area contributed by atoms with E-state index >= 15 is 0 Å². The molecule has 6 atom stereocenters. The zero-order valence-corrected chi connectivity index (χ0v) is 28.3. The largest absolute Gasteiger partial charge is 0.497 e. The Kier molecular flexibility index (Phi) is 8.27. The molecule has 11 nitrogen and oxygen atoms in total. The van der Waals surface area contributed by atoms with Crippen molar-refractivity contribution in [2.75, 3.05) is 37.1 Å². The number of ether oxygens (including phenoxy) is 3. The number of β-lactam (4-membered cyclic amide) rings is 1. The SMILES string of the molecule is COc1ccc([Si](C)(C)[C@H]2[C@H](CC(=O)N3CCC[C@H]3CO)O[C@@]3(C(=O)N(C)c4ccc(N5C(=O)CC5OC(C)=O)cc43)[C@@H]2C)cc1. The van der Waals surface area contributed by atoms with Gasteiger partial charge in [0.25, 0.3) is 5.91 Å². The summed E-state index contributed by atoms with van der Waals surface area (Å²) in [7, 11) is 0.878. The Morgan fingerprint density at radius 2 is 1.85 bits per heavy atom. The fourth-order valence-corrected chi connectivity index (χ4v) is 12.4. The van der Waals surface area contributed by atoms with Gasteiger partial charge in [-0.15, -0.1) is 0 Å². The summed E-state index contributed by atoms with van der Waals surface area (Å²) in [6.45, 7) is 8.36. The van der Waals surface area contributed by atoms with Crippen LogP contribution in [0.2, 0.25) is 18.6 Å². The molecule has 0 radical (unpaired) electrons. The van der Waals surface area contributed by atoms with Gasteiger partial charge in [-0.3, -0.25) is 24.1 Å². The van der Waals surface area contributed by atoms with Gasteiger partial charge in [-0.1, -0.05) is 37.3 Å². The van der Waals surface area contributed by atoms with Crippen LogP contribution in [0.5, 0.6) is 5.75 Å². The molecule has 1 N–H and O–H groups in total. The number of benzene rings is 2. The van der Waals surface area contributed by atoms with Crippen LogP contribution in [0, 0.1) is 5.92 Å². The van der Waals surface area contributed by atoms with Crippen molar-refractivity contribution in [3.05, 3.63) is 48.0 Å². The first-order valence-corrected chi connectivity index (χ1v) is 19.1. The molecule has 46 heavy (non-hydrogen) atoms. The number of anilines is 2. The van der Waals surface area contributed by atoms with Crippen LogP contribution in [0.15, 0.2) is 42.5 Å². The summed E-state index contributed by atoms with van der Waals surface area (Å²) in [5.74, 6) is -0.546. The number of esters is 1. The third-order valence-electron chi connectivity index (χ3n) is 10.7. The van der Waals surface area contributed by atoms with Gasteiger partial charge < -0.3 is 29.1 Å². The third-order valence-corrected chi connectivity index (χ3v) is 15.1. The van der Waals surface area contributed by atoms with E-state index in [1.165, 1.54) is 11.8 Å². The number of rotatable bonds is 8. The van der Waals surface area contributed by atoms with Crippen LogP contribution < -0.4 is 19.7 Å². The van der Waals surface area contributed by atoms with E-state index in [0.29, 0.717) is 23.5 Å². The van der Waals surface area contributed by atoms with E-state index in [4.69, 9.17) is 14.2 Å². The lowest BCUT2D eigenvalue weighted by molar-refractivity contribution is -0.154. The number of hydrogen-bond acceptors (Lipinski definition) is 8. The zero-order valence-electron chi connectivity index (χ0n) is 27.3. The number of fused-ring (bicyclic) bond motifs is 2. The first-order valence-electron chi connectivity index (χ1n) is 16.0. The monoisotopic (exact) mass is 649 g/mol. The summed E-state index contributed by atoms with van der Waals surface area (Å²) in [6, 6.07) is 13.2. The minimum atomic E-state index is -2.47. The van der Waals surface area contributed by atoms with E-state index in [1.54, 1.807) is 36.1 Å². The number of likely N-dealkylation sites (tertiary alicyclic amines) is 1. The standard InChI is InChI=1S/C34H43N3O8Si/c1-20-32(46(5,6)25-12-10-24(43-4)11-13-25)28(17-29(40)36-15-7-8-23(36)19-38)45-34(20)26-16-22(9-14-27(26)35(3)33(34)42)37-30(41)18-31(37)44-21(2)39/h9-14,16,20,23,28,31-32,38H,7-8,15,17-19H2,1-6H3/t20-,23+,28+,31?,32-,34+/m1/s1. The maximum Gasteiger partial charge on any atom is 0.304 e. The van der Waals surface area contributed by atoms with Crippen molar-refractivity contribution in [3.8, 4) is 5.75 Å². The Morgan fingerprint density at radius 1 is 1.13 bits per heavy atom. The smallest absolute Gasteiger partial charge is 0.304 e. The molecule has 1 unspecified atom stereocenters. The highest BCUT2D eigenvalue weighted by Gasteiger charge is 2.66. The molecule has 246 valence electrons. The van der Waals surface area contributed by atoms with Gasteiger partial charge in [-0.05, 0) is 48.7 Å². The Hall–Kier alpha value is -3.74. The van der Waals surface area contributed by atoms with E-state index in [0.717, 1.165) is 23.8 Å². The molecule has 0 aliphatic carbocycles. The van der Waals surface area contributed by atoms with Gasteiger partial charge in [-0.2, -0.15) is 0 Å². The molecule has 0 bridgehead atoms. The molecule has 12 heteroatoms. The highest BCUT2D eigenvalue weighted by atomic mass is 28.3. The summed E-state index contributed by atoms with van der Waals surface area (Å²) in [6.07, 6.45) is 0.485. The average Bonchev–Trinajstić information content (AvgIpc) is 3.67. The number of aliphatic hydroxyl groups is 1. The fraction of sp³-hybridized carbons (Fsp3) is 0.529. The van der Waals surface area contributed by atoms with Crippen molar-refractivity contribution < 1.29 is 38.5 Å². The van der Waals surface area contributed by atoms with Crippen LogP contribution in [-0.4, -0.2) is 87.5 Å². The molecule has 0 saturated carbocycles. The number of likely N-dealkylation sites (N-methyl/N-ethyl adjacent to an activating group) is 1. The molecule has 4 heterocycles. The molecular formula is C34H43N3O8Si. The number of carbonyl (C=O) groups excluding carboxylic acids is 4. The lowest BCUT2D eigenvalue weighted by Crippen LogP contribution is -2.55. The number of carbonyl (C=O) groups is 4. The van der Waals surface area contributed by atoms with Crippen LogP contribution in [0.25, 0.3) is 0 Å². The molecule has 3 saturated heterocycles. The first kappa shape index (κ1) is 32.2. The Morgan fingerprint density at radius 3 is 2.48 bits per heavy atom. The van der Waals surface area contributed by atoms with Gasteiger partial charge >= 0.3 is 5.97 Å². The summed E-state index contributed by atoms with van der Waals surface area (Å²) in [5, 5.41) is 11.1. The second-order valence-electron chi connectivity index (χ2n) is 13.5. The molecule has 6 rings (SSSR count). The van der Waals surface area contributed by atoms with Crippen molar-refractivity contribution in [1.29, 1.82) is 0 Å². The average molecular weight is 650 g/mol. The molecule has 0 aromatic heterocycles. The number of aliphatic hydroxyl groups excluding tert-OH is 1. The maximum atomic E-state index is 14.4. The van der Waals surface area contributed by atoms with E-state index in [9.17, 15) is 24.3 Å². The number of methoxy groups -OCH3 is 1. The van der Waals surface area contributed by atoms with Gasteiger partial charge in [0.05, 0.1) is 52.5 Å². The second kappa shape index (κ2) is 11.8. The van der Waals surface area contributed by atoms with Crippen LogP contribution in [0.3, 0.4) is 0 Å². The highest BCUT2D eigenvalue weighted by molar-refractivity contribution is 6.91. The molecule has 1 spiro atoms. The van der Waals surface area contributed by atoms with E-state index < -0.39 is 32.0 Å². The zero-order chi connectivity index (χ0) is 33.1. The van der Waals surface area contributed by atoms with Crippen LogP contribution >= 0.6 is 0 Å². The number of nitrogens with zero attached hydrogens (tertiary/aromatic N) is 3. The predicted octanol–water partition coefficient (Wildman–Crippen LogP) is 2.89. The highest BCUT2D eigenvalue weighted by Crippen LogP contribution is 2.60. The van der Waals surface area contributed by atoms with Gasteiger partial charge in [-0.25, -0.2) is 0 Å². The van der Waals surface area contributed by atoms with Crippen LogP contribution in [0.1, 0.15) is 45.1 Å². The summed E-state index contributed by atoms with van der Waals surface area (Å²) in [5.41, 5.74) is 0.294. The second-order valence-corrected chi connectivity index (χ2v) is 18.2. The van der Waals surface area contributed by atoms with Gasteiger partial charge in [0.2, 0.25) is 11.8 Å². The third kappa shape index (κ3) is 4.92. The molecule has 4 aliphatic heterocycles. The van der Waals surface area contributed by atoms with Crippen molar-refractivity contribution in [2.24, 2.45) is 5.92 Å². The molecule has 2 aromatic carbocycles. The predicted molar refractivity (Wildman–Crippen MR) is 174 cm³/mol. The van der Waals surface area contributed by atoms with Gasteiger partial charge in [0, 0.05) is 37.7 Å². The van der Waals surface area contributed by atoms with Crippen LogP contribution in [-0.2, 0) is 34.3 Å². The fourth-order valence-electron chi connectivity index (χ4n) is 8.38. The normalized spacial score (nSPS) is 28.9. The molecule has 2 aromatic rings. The van der Waals surface area contributed by atoms with Crippen LogP contribution in [0.4, 0.5) is 11.4 Å². The lowest BCUT2D eigenvalue weighted by Gasteiger charge is -2.39. The quantitative estimate of drug-likeness (QED) is 0.263. The molecular weight excluding hydrogens is 606 g/mol. The summed E-state index contributed by atoms with van der Waals surface area (Å²) >= 11 is 0. The van der Waals surface area contributed by atoms with Gasteiger partial charge in [0.1, 0.15) is 5.75 Å². The summed E-state index contributed by atoms with van der Waals surface area (Å²) in [4.78, 5) is 57.5. The minimum Gasteiger partial charge on any atom is -0.497 e. The van der Waals surface area contributed by atoms with Crippen molar-refractivity contribution >= 4 is 48.3 Å². The lowest BCUT2D eigenvalue weighted by atomic mass is 9.82. The van der Waals surface area contributed by atoms with Crippen molar-refractivity contribution in [1.82, 2.24) is 4.90 Å². The van der Waals surface area contributed by atoms with Crippen molar-refractivity contribution in [2.45, 2.75) is 82.1 Å². The topological polar surface area (TPSA) is 126 Å². The molecule has 3 amide bonds. The van der Waals surface area contributed by atoms with E-state index in [1.807, 2.05) is 25.1 Å². The molecule has 4 aliphatic rings. The van der Waals surface area contributed by atoms with Crippen molar-refractivity contribution in [3.63, 3.8) is 0 Å². The number of amides is 3. The van der Waals surface area contributed by atoms with Gasteiger partial charge in [0.15, 0.2) is 11.8 Å².